The molecule has 3 rings (SSSR count). The Kier molecular flexibility index (Phi) is 6.01. The Morgan fingerprint density at radius 2 is 2.08 bits per heavy atom. The molecule has 0 saturated heterocycles. The maximum Gasteiger partial charge on any atom is 0.417 e. The van der Waals surface area contributed by atoms with Crippen molar-refractivity contribution in [1.82, 2.24) is 9.55 Å². The van der Waals surface area contributed by atoms with Gasteiger partial charge in [0.2, 0.25) is 0 Å². The second-order valence-electron chi connectivity index (χ2n) is 5.23. The van der Waals surface area contributed by atoms with Crippen LogP contribution in [0.1, 0.15) is 31.5 Å². The third-order valence-corrected chi connectivity index (χ3v) is 3.70. The number of benzene rings is 1. The van der Waals surface area contributed by atoms with Gasteiger partial charge in [-0.15, -0.1) is 0 Å². The summed E-state index contributed by atoms with van der Waals surface area (Å²) in [4.78, 5) is 19.2. The lowest BCUT2D eigenvalue weighted by Gasteiger charge is -2.22. The molecule has 0 saturated carbocycles. The molecule has 1 aromatic heterocycles. The van der Waals surface area contributed by atoms with E-state index >= 15 is 0 Å². The van der Waals surface area contributed by atoms with Gasteiger partial charge >= 0.3 is 18.2 Å². The van der Waals surface area contributed by atoms with E-state index in [2.05, 4.69) is 15.2 Å². The highest BCUT2D eigenvalue weighted by Crippen LogP contribution is 2.41. The first-order valence-electron chi connectivity index (χ1n) is 7.72. The van der Waals surface area contributed by atoms with Crippen molar-refractivity contribution < 1.29 is 27.5 Å². The van der Waals surface area contributed by atoms with Crippen molar-refractivity contribution in [2.45, 2.75) is 33.4 Å². The molecule has 1 aliphatic heterocycles. The number of rotatable bonds is 2. The van der Waals surface area contributed by atoms with Crippen molar-refractivity contribution in [2.75, 3.05) is 12.1 Å². The number of imidazole rings is 1. The maximum absolute atomic E-state index is 12.8. The van der Waals surface area contributed by atoms with Crippen LogP contribution in [0.4, 0.5) is 18.9 Å². The topological polar surface area (TPSA) is 65.4 Å². The molecule has 0 spiro atoms. The number of alkyl halides is 3. The van der Waals surface area contributed by atoms with Crippen LogP contribution in [-0.4, -0.2) is 22.1 Å². The minimum Gasteiger partial charge on any atom is -0.466 e. The number of nitrogens with zero attached hydrogens (tertiary/aromatic N) is 2. The summed E-state index contributed by atoms with van der Waals surface area (Å²) in [7, 11) is 0. The zero-order valence-electron chi connectivity index (χ0n) is 14.3. The lowest BCUT2D eigenvalue weighted by molar-refractivity contribution is -0.142. The van der Waals surface area contributed by atoms with Gasteiger partial charge in [-0.3, -0.25) is 9.36 Å². The first-order valence-corrected chi connectivity index (χ1v) is 8.10. The predicted octanol–water partition coefficient (Wildman–Crippen LogP) is 4.53. The van der Waals surface area contributed by atoms with Crippen LogP contribution in [0, 0.1) is 6.92 Å². The van der Waals surface area contributed by atoms with E-state index in [-0.39, 0.29) is 22.7 Å². The second kappa shape index (κ2) is 7.86. The zero-order chi connectivity index (χ0) is 19.5. The molecule has 0 atom stereocenters. The summed E-state index contributed by atoms with van der Waals surface area (Å²) < 4.78 is 44.4. The average molecular weight is 392 g/mol. The molecule has 0 fully saturated rings. The van der Waals surface area contributed by atoms with Crippen molar-refractivity contribution in [2.24, 2.45) is 0 Å². The number of halogens is 4. The Hall–Kier alpha value is -2.42. The monoisotopic (exact) mass is 391 g/mol. The summed E-state index contributed by atoms with van der Waals surface area (Å²) >= 11 is 5.71. The fraction of sp³-hybridized carbons (Fsp3) is 0.375. The summed E-state index contributed by atoms with van der Waals surface area (Å²) in [6.07, 6.45) is -2.48. The highest BCUT2D eigenvalue weighted by atomic mass is 35.5. The Morgan fingerprint density at radius 1 is 1.38 bits per heavy atom. The average Bonchev–Trinajstić information content (AvgIpc) is 2.95. The minimum atomic E-state index is -4.52. The molecule has 142 valence electrons. The molecule has 0 aliphatic carbocycles. The van der Waals surface area contributed by atoms with Crippen LogP contribution in [-0.2, 0) is 15.7 Å². The van der Waals surface area contributed by atoms with E-state index in [0.717, 1.165) is 11.8 Å². The molecule has 1 N–H and O–H groups in total. The zero-order valence-corrected chi connectivity index (χ0v) is 15.0. The van der Waals surface area contributed by atoms with Gasteiger partial charge in [-0.25, -0.2) is 10.5 Å². The Bertz CT molecular complexity index is 806. The third-order valence-electron chi connectivity index (χ3n) is 3.38. The number of aryl methyl sites for hydroxylation is 1. The molecule has 1 aliphatic rings. The van der Waals surface area contributed by atoms with E-state index < -0.39 is 11.7 Å². The van der Waals surface area contributed by atoms with Crippen LogP contribution in [0.25, 0.3) is 5.69 Å². The fourth-order valence-corrected chi connectivity index (χ4v) is 2.46. The maximum atomic E-state index is 12.8. The van der Waals surface area contributed by atoms with Crippen LogP contribution in [0.3, 0.4) is 0 Å². The van der Waals surface area contributed by atoms with Crippen LogP contribution in [0.15, 0.2) is 18.3 Å². The number of esters is 1. The van der Waals surface area contributed by atoms with Gasteiger partial charge in [0.1, 0.15) is 0 Å². The summed E-state index contributed by atoms with van der Waals surface area (Å²) in [6.45, 7) is 5.83. The molecule has 0 amide bonds. The largest absolute Gasteiger partial charge is 0.466 e. The van der Waals surface area contributed by atoms with Crippen LogP contribution in [0.2, 0.25) is 5.02 Å². The van der Waals surface area contributed by atoms with Gasteiger partial charge in [0.25, 0.3) is 0 Å². The van der Waals surface area contributed by atoms with E-state index in [1.54, 1.807) is 31.5 Å². The van der Waals surface area contributed by atoms with Crippen molar-refractivity contribution in [1.29, 1.82) is 0 Å². The number of anilines is 1. The standard InChI is InChI=1S/C11H7ClF3N3O.C5H10O2/c1-5-4-16-10-18(5)9-3-7(12)6(11(13,14)15)2-8(9)17-19-10;1-3-5(6)7-4-2/h2-4,17H,1H3;3-4H2,1-2H3. The molecular weight excluding hydrogens is 375 g/mol. The Morgan fingerprint density at radius 3 is 2.62 bits per heavy atom. The fourth-order valence-electron chi connectivity index (χ4n) is 2.19. The number of carbonyl (C=O) groups is 1. The number of nitrogens with one attached hydrogen (secondary N) is 1. The molecule has 2 aromatic rings. The second-order valence-corrected chi connectivity index (χ2v) is 5.63. The van der Waals surface area contributed by atoms with Crippen molar-refractivity contribution in [3.63, 3.8) is 0 Å². The van der Waals surface area contributed by atoms with Crippen LogP contribution < -0.4 is 10.3 Å². The predicted molar refractivity (Wildman–Crippen MR) is 89.5 cm³/mol. The van der Waals surface area contributed by atoms with E-state index in [1.807, 2.05) is 0 Å². The highest BCUT2D eigenvalue weighted by Gasteiger charge is 2.35. The summed E-state index contributed by atoms with van der Waals surface area (Å²) in [6, 6.07) is 2.41. The van der Waals surface area contributed by atoms with Crippen molar-refractivity contribution in [3.05, 3.63) is 34.6 Å². The molecular formula is C16H17ClF3N3O3. The van der Waals surface area contributed by atoms with E-state index in [4.69, 9.17) is 16.4 Å². The summed E-state index contributed by atoms with van der Waals surface area (Å²) in [5.74, 6) is -0.123. The molecule has 10 heteroatoms. The normalized spacial score (nSPS) is 12.0. The molecule has 2 heterocycles. The van der Waals surface area contributed by atoms with E-state index in [9.17, 15) is 18.0 Å². The van der Waals surface area contributed by atoms with Gasteiger partial charge in [-0.2, -0.15) is 13.2 Å². The molecule has 6 nitrogen and oxygen atoms in total. The number of fused-ring (bicyclic) bond motifs is 3. The molecule has 0 bridgehead atoms. The number of carbonyl (C=O) groups excluding carboxylic acids is 1. The van der Waals surface area contributed by atoms with Gasteiger partial charge in [0, 0.05) is 12.1 Å². The highest BCUT2D eigenvalue weighted by molar-refractivity contribution is 6.31. The molecule has 1 aromatic carbocycles. The van der Waals surface area contributed by atoms with E-state index in [0.29, 0.717) is 18.7 Å². The molecule has 26 heavy (non-hydrogen) atoms. The number of aromatic nitrogens is 2. The van der Waals surface area contributed by atoms with E-state index in [1.165, 1.54) is 6.07 Å². The third kappa shape index (κ3) is 4.21. The summed E-state index contributed by atoms with van der Waals surface area (Å²) in [5, 5.41) is -0.367. The lowest BCUT2D eigenvalue weighted by Crippen LogP contribution is -2.19. The van der Waals surface area contributed by atoms with Gasteiger partial charge in [-0.05, 0) is 26.0 Å². The molecule has 0 radical (unpaired) electrons. The first-order chi connectivity index (χ1) is 12.2. The molecule has 0 unspecified atom stereocenters. The van der Waals surface area contributed by atoms with Gasteiger partial charge in [-0.1, -0.05) is 18.5 Å². The van der Waals surface area contributed by atoms with Crippen molar-refractivity contribution >= 4 is 23.3 Å². The van der Waals surface area contributed by atoms with Gasteiger partial charge in [0.15, 0.2) is 0 Å². The summed E-state index contributed by atoms with van der Waals surface area (Å²) in [5.41, 5.74) is 2.90. The van der Waals surface area contributed by atoms with Crippen LogP contribution >= 0.6 is 11.6 Å². The van der Waals surface area contributed by atoms with Gasteiger partial charge in [0.05, 0.1) is 34.8 Å². The Labute approximate surface area is 152 Å². The SMILES string of the molecule is CCOC(=O)CC.Cc1cnc2n1-c1cc(Cl)c(C(F)(F)F)cc1NO2. The quantitative estimate of drug-likeness (QED) is 0.762. The number of ether oxygens (including phenoxy) is 1. The first kappa shape index (κ1) is 19.9. The Balaban J connectivity index is 0.000000298. The van der Waals surface area contributed by atoms with Gasteiger partial charge < -0.3 is 9.57 Å². The van der Waals surface area contributed by atoms with Crippen LogP contribution in [0.5, 0.6) is 6.01 Å². The lowest BCUT2D eigenvalue weighted by atomic mass is 10.1. The smallest absolute Gasteiger partial charge is 0.417 e. The minimum absolute atomic E-state index is 0.123. The number of hydrogen-bond acceptors (Lipinski definition) is 5. The van der Waals surface area contributed by atoms with Crippen molar-refractivity contribution in [3.8, 4) is 11.7 Å². The number of hydrogen-bond donors (Lipinski definition) is 1.